The summed E-state index contributed by atoms with van der Waals surface area (Å²) in [6, 6.07) is 11.3. The Kier molecular flexibility index (Phi) is 5.14. The van der Waals surface area contributed by atoms with Crippen molar-refractivity contribution in [2.24, 2.45) is 0 Å². The van der Waals surface area contributed by atoms with Crippen LogP contribution in [0.4, 0.5) is 0 Å². The van der Waals surface area contributed by atoms with Crippen molar-refractivity contribution < 1.29 is 9.90 Å². The molecule has 0 saturated heterocycles. The molecule has 0 heterocycles. The fourth-order valence-electron chi connectivity index (χ4n) is 3.79. The Morgan fingerprint density at radius 2 is 1.67 bits per heavy atom. The molecular weight excluding hydrogens is 352 g/mol. The van der Waals surface area contributed by atoms with Gasteiger partial charge >= 0.3 is 5.97 Å². The van der Waals surface area contributed by atoms with E-state index in [4.69, 9.17) is 5.11 Å². The number of hydrogen-bond donors (Lipinski definition) is 1. The third-order valence-corrected chi connectivity index (χ3v) is 6.26. The number of hydrogen-bond acceptors (Lipinski definition) is 2. The van der Waals surface area contributed by atoms with Gasteiger partial charge in [-0.15, -0.1) is 0 Å². The molecule has 3 heteroatoms. The lowest BCUT2D eigenvalue weighted by Crippen LogP contribution is -2.34. The second kappa shape index (κ2) is 7.09. The Labute approximate surface area is 166 Å². The zero-order valence-electron chi connectivity index (χ0n) is 16.6. The van der Waals surface area contributed by atoms with E-state index in [1.54, 1.807) is 36.0 Å². The summed E-state index contributed by atoms with van der Waals surface area (Å²) < 4.78 is 0. The summed E-state index contributed by atoms with van der Waals surface area (Å²) in [5, 5.41) is 12.2. The second-order valence-corrected chi connectivity index (χ2v) is 9.51. The molecule has 0 spiro atoms. The Balaban J connectivity index is 1.95. The van der Waals surface area contributed by atoms with E-state index in [2.05, 4.69) is 57.9 Å². The summed E-state index contributed by atoms with van der Waals surface area (Å²) in [7, 11) is 0. The van der Waals surface area contributed by atoms with E-state index in [0.29, 0.717) is 0 Å². The predicted octanol–water partition coefficient (Wildman–Crippen LogP) is 6.14. The first-order valence-corrected chi connectivity index (χ1v) is 10.1. The maximum Gasteiger partial charge on any atom is 0.335 e. The number of carboxylic acid groups (broad SMARTS) is 1. The minimum Gasteiger partial charge on any atom is -0.478 e. The predicted molar refractivity (Wildman–Crippen MR) is 113 cm³/mol. The Morgan fingerprint density at radius 3 is 2.30 bits per heavy atom. The summed E-state index contributed by atoms with van der Waals surface area (Å²) >= 11 is 1.58. The van der Waals surface area contributed by atoms with Crippen LogP contribution in [0.3, 0.4) is 0 Å². The highest BCUT2D eigenvalue weighted by atomic mass is 32.2. The zero-order chi connectivity index (χ0) is 19.8. The average molecular weight is 379 g/mol. The molecule has 0 bridgehead atoms. The maximum atomic E-state index is 11.0. The lowest BCUT2D eigenvalue weighted by Gasteiger charge is -2.43. The summed E-state index contributed by atoms with van der Waals surface area (Å²) in [5.74, 6) is 2.24. The van der Waals surface area contributed by atoms with Crippen LogP contribution in [0.1, 0.15) is 73.1 Å². The van der Waals surface area contributed by atoms with Crippen molar-refractivity contribution >= 4 is 17.7 Å². The van der Waals surface area contributed by atoms with Crippen molar-refractivity contribution in [1.82, 2.24) is 0 Å². The maximum absolute atomic E-state index is 11.0. The summed E-state index contributed by atoms with van der Waals surface area (Å²) in [6.45, 7) is 11.5. The van der Waals surface area contributed by atoms with Crippen LogP contribution in [0.15, 0.2) is 41.3 Å². The zero-order valence-corrected chi connectivity index (χ0v) is 17.5. The molecule has 0 saturated carbocycles. The molecule has 2 nitrogen and oxygen atoms in total. The molecule has 27 heavy (non-hydrogen) atoms. The van der Waals surface area contributed by atoms with E-state index < -0.39 is 5.97 Å². The van der Waals surface area contributed by atoms with Gasteiger partial charge in [0.2, 0.25) is 0 Å². The highest BCUT2D eigenvalue weighted by molar-refractivity contribution is 8.04. The third kappa shape index (κ3) is 4.06. The van der Waals surface area contributed by atoms with Crippen LogP contribution >= 0.6 is 11.8 Å². The van der Waals surface area contributed by atoms with Gasteiger partial charge in [0.15, 0.2) is 0 Å². The number of thioether (sulfide) groups is 1. The molecular formula is C24H26O2S. The van der Waals surface area contributed by atoms with E-state index in [0.717, 1.165) is 5.56 Å². The number of aryl methyl sites for hydroxylation is 1. The van der Waals surface area contributed by atoms with Crippen molar-refractivity contribution in [2.45, 2.75) is 63.2 Å². The van der Waals surface area contributed by atoms with Crippen molar-refractivity contribution in [1.29, 1.82) is 0 Å². The van der Waals surface area contributed by atoms with Gasteiger partial charge in [0, 0.05) is 10.5 Å². The first-order valence-electron chi connectivity index (χ1n) is 9.27. The number of rotatable bonds is 2. The van der Waals surface area contributed by atoms with Crippen LogP contribution < -0.4 is 0 Å². The van der Waals surface area contributed by atoms with Gasteiger partial charge in [-0.2, -0.15) is 0 Å². The summed E-state index contributed by atoms with van der Waals surface area (Å²) in [5.41, 5.74) is 5.60. The number of benzene rings is 2. The van der Waals surface area contributed by atoms with Crippen molar-refractivity contribution in [3.8, 4) is 11.2 Å². The SMILES string of the molecule is Cc1cc(SC#Cc2ccc(C(=O)O)cc2)c2c(c1)C(C)(C)CCC2(C)C. The first kappa shape index (κ1) is 19.6. The number of carbonyl (C=O) groups is 1. The van der Waals surface area contributed by atoms with Crippen molar-refractivity contribution in [3.05, 3.63) is 64.2 Å². The third-order valence-electron chi connectivity index (χ3n) is 5.52. The smallest absolute Gasteiger partial charge is 0.335 e. The van der Waals surface area contributed by atoms with Crippen LogP contribution in [0.2, 0.25) is 0 Å². The monoisotopic (exact) mass is 378 g/mol. The fraction of sp³-hybridized carbons (Fsp3) is 0.375. The standard InChI is InChI=1S/C24H26O2S/c1-16-14-19-21(24(4,5)12-11-23(19,2)3)20(15-16)27-13-10-17-6-8-18(9-7-17)22(25)26/h6-9,14-15H,11-12H2,1-5H3,(H,25,26). The lowest BCUT2D eigenvalue weighted by atomic mass is 9.63. The topological polar surface area (TPSA) is 37.3 Å². The van der Waals surface area contributed by atoms with Gasteiger partial charge in [0.05, 0.1) is 5.56 Å². The minimum atomic E-state index is -0.917. The van der Waals surface area contributed by atoms with Crippen LogP contribution in [-0.2, 0) is 10.8 Å². The molecule has 0 aromatic heterocycles. The molecule has 0 amide bonds. The van der Waals surface area contributed by atoms with Gasteiger partial charge in [-0.25, -0.2) is 4.79 Å². The molecule has 2 aromatic carbocycles. The second-order valence-electron chi connectivity index (χ2n) is 8.67. The molecule has 1 aliphatic carbocycles. The van der Waals surface area contributed by atoms with E-state index >= 15 is 0 Å². The van der Waals surface area contributed by atoms with Crippen LogP contribution in [0.25, 0.3) is 0 Å². The lowest BCUT2D eigenvalue weighted by molar-refractivity contribution is 0.0697. The van der Waals surface area contributed by atoms with Crippen LogP contribution in [0.5, 0.6) is 0 Å². The average Bonchev–Trinajstić information content (AvgIpc) is 2.59. The molecule has 0 aliphatic heterocycles. The number of carboxylic acids is 1. The van der Waals surface area contributed by atoms with E-state index in [1.165, 1.54) is 34.4 Å². The van der Waals surface area contributed by atoms with Gasteiger partial charge in [-0.3, -0.25) is 0 Å². The molecule has 1 aliphatic rings. The van der Waals surface area contributed by atoms with Crippen molar-refractivity contribution in [2.75, 3.05) is 0 Å². The molecule has 1 N–H and O–H groups in total. The van der Waals surface area contributed by atoms with Crippen molar-refractivity contribution in [3.63, 3.8) is 0 Å². The molecule has 3 rings (SSSR count). The number of fused-ring (bicyclic) bond motifs is 1. The molecule has 0 atom stereocenters. The van der Waals surface area contributed by atoms with Gasteiger partial charge in [-0.05, 0) is 94.6 Å². The Hall–Kier alpha value is -2.18. The summed E-state index contributed by atoms with van der Waals surface area (Å²) in [4.78, 5) is 12.2. The van der Waals surface area contributed by atoms with Gasteiger partial charge in [-0.1, -0.05) is 39.7 Å². The normalized spacial score (nSPS) is 16.8. The van der Waals surface area contributed by atoms with Crippen LogP contribution in [0, 0.1) is 18.1 Å². The van der Waals surface area contributed by atoms with E-state index in [-0.39, 0.29) is 16.4 Å². The van der Waals surface area contributed by atoms with Crippen LogP contribution in [-0.4, -0.2) is 11.1 Å². The molecule has 140 valence electrons. The molecule has 0 fully saturated rings. The quantitative estimate of drug-likeness (QED) is 0.503. The summed E-state index contributed by atoms with van der Waals surface area (Å²) in [6.07, 6.45) is 2.37. The molecule has 0 unspecified atom stereocenters. The highest BCUT2D eigenvalue weighted by Crippen LogP contribution is 2.49. The number of aromatic carboxylic acids is 1. The minimum absolute atomic E-state index is 0.145. The van der Waals surface area contributed by atoms with E-state index in [1.807, 2.05) is 0 Å². The first-order chi connectivity index (χ1) is 12.6. The highest BCUT2D eigenvalue weighted by Gasteiger charge is 2.38. The fourth-order valence-corrected chi connectivity index (χ4v) is 4.80. The molecule has 0 radical (unpaired) electrons. The van der Waals surface area contributed by atoms with Gasteiger partial charge in [0.25, 0.3) is 0 Å². The van der Waals surface area contributed by atoms with Gasteiger partial charge < -0.3 is 5.11 Å². The Morgan fingerprint density at radius 1 is 1.04 bits per heavy atom. The largest absolute Gasteiger partial charge is 0.478 e. The van der Waals surface area contributed by atoms with Gasteiger partial charge in [0.1, 0.15) is 0 Å². The van der Waals surface area contributed by atoms with E-state index in [9.17, 15) is 4.79 Å². The molecule has 2 aromatic rings. The Bertz CT molecular complexity index is 941.